The van der Waals surface area contributed by atoms with Gasteiger partial charge in [0.15, 0.2) is 5.90 Å². The van der Waals surface area contributed by atoms with Crippen molar-refractivity contribution in [2.24, 2.45) is 4.99 Å². The van der Waals surface area contributed by atoms with E-state index in [0.29, 0.717) is 6.04 Å². The van der Waals surface area contributed by atoms with Crippen LogP contribution in [-0.4, -0.2) is 18.5 Å². The van der Waals surface area contributed by atoms with Crippen LogP contribution in [0.1, 0.15) is 6.92 Å². The lowest BCUT2D eigenvalue weighted by atomic mass is 10.1. The van der Waals surface area contributed by atoms with Crippen LogP contribution < -0.4 is 0 Å². The maximum Gasteiger partial charge on any atom is 0.191 e. The monoisotopic (exact) mass is 148 g/mol. The van der Waals surface area contributed by atoms with Crippen LogP contribution in [-0.2, 0) is 4.74 Å². The predicted octanol–water partition coefficient (Wildman–Crippen LogP) is 1.21. The Morgan fingerprint density at radius 3 is 2.73 bits per heavy atom. The lowest BCUT2D eigenvalue weighted by molar-refractivity contribution is 0.321. The Kier molecular flexibility index (Phi) is 1.84. The standard InChI is InChI=1S/C9H10NO/c1-7-6-11-9(10-7)8-4-2-3-5-8/h2-5,7H,6H2,1H3/t7-/m1/s1. The van der Waals surface area contributed by atoms with Crippen molar-refractivity contribution in [1.82, 2.24) is 0 Å². The fourth-order valence-corrected chi connectivity index (χ4v) is 1.15. The smallest absolute Gasteiger partial charge is 0.191 e. The molecule has 0 aromatic rings. The number of ether oxygens (including phenoxy) is 1. The Bertz CT molecular complexity index is 170. The van der Waals surface area contributed by atoms with Gasteiger partial charge < -0.3 is 4.74 Å². The van der Waals surface area contributed by atoms with Gasteiger partial charge in [-0.15, -0.1) is 0 Å². The molecule has 0 N–H and O–H groups in total. The number of hydrogen-bond donors (Lipinski definition) is 0. The van der Waals surface area contributed by atoms with E-state index in [-0.39, 0.29) is 0 Å². The van der Waals surface area contributed by atoms with Gasteiger partial charge in [-0.05, 0) is 32.6 Å². The minimum absolute atomic E-state index is 0.319. The molecule has 0 bridgehead atoms. The van der Waals surface area contributed by atoms with Gasteiger partial charge >= 0.3 is 0 Å². The van der Waals surface area contributed by atoms with Crippen LogP contribution in [0.3, 0.4) is 0 Å². The van der Waals surface area contributed by atoms with Gasteiger partial charge in [-0.3, -0.25) is 0 Å². The first kappa shape index (κ1) is 7.14. The lowest BCUT2D eigenvalue weighted by Gasteiger charge is -2.05. The maximum absolute atomic E-state index is 5.36. The van der Waals surface area contributed by atoms with Crippen LogP contribution in [0.2, 0.25) is 0 Å². The van der Waals surface area contributed by atoms with Crippen LogP contribution in [0.25, 0.3) is 0 Å². The van der Waals surface area contributed by atoms with Gasteiger partial charge in [0.05, 0.1) is 12.0 Å². The van der Waals surface area contributed by atoms with Crippen molar-refractivity contribution >= 4 is 5.90 Å². The van der Waals surface area contributed by atoms with Crippen LogP contribution in [0.5, 0.6) is 0 Å². The molecular weight excluding hydrogens is 138 g/mol. The summed E-state index contributed by atoms with van der Waals surface area (Å²) in [4.78, 5) is 4.33. The van der Waals surface area contributed by atoms with Crippen LogP contribution >= 0.6 is 0 Å². The molecule has 1 saturated carbocycles. The van der Waals surface area contributed by atoms with Gasteiger partial charge in [0.1, 0.15) is 6.61 Å². The number of aliphatic imine (C=N–C) groups is 1. The van der Waals surface area contributed by atoms with Gasteiger partial charge in [-0.2, -0.15) is 0 Å². The normalized spacial score (nSPS) is 32.1. The summed E-state index contributed by atoms with van der Waals surface area (Å²) < 4.78 is 5.36. The Labute approximate surface area is 67.7 Å². The van der Waals surface area contributed by atoms with Gasteiger partial charge in [0.25, 0.3) is 0 Å². The van der Waals surface area contributed by atoms with E-state index in [4.69, 9.17) is 4.74 Å². The van der Waals surface area contributed by atoms with E-state index in [1.807, 2.05) is 25.7 Å². The number of hydrogen-bond acceptors (Lipinski definition) is 2. The summed E-state index contributed by atoms with van der Waals surface area (Å²) in [5.74, 6) is 1.89. The van der Waals surface area contributed by atoms with Gasteiger partial charge in [0.2, 0.25) is 0 Å². The Balaban J connectivity index is 1.98. The summed E-state index contributed by atoms with van der Waals surface area (Å²) in [6.45, 7) is 2.77. The molecule has 0 amide bonds. The molecule has 5 radical (unpaired) electrons. The van der Waals surface area contributed by atoms with E-state index < -0.39 is 0 Å². The summed E-state index contributed by atoms with van der Waals surface area (Å²) in [6, 6.07) is 0.319. The molecule has 1 heterocycles. The molecule has 1 fully saturated rings. The Morgan fingerprint density at radius 1 is 1.45 bits per heavy atom. The largest absolute Gasteiger partial charge is 0.478 e. The molecule has 2 rings (SSSR count). The summed E-state index contributed by atoms with van der Waals surface area (Å²) in [5, 5.41) is 0. The lowest BCUT2D eigenvalue weighted by Crippen LogP contribution is -2.09. The first-order valence-corrected chi connectivity index (χ1v) is 3.79. The average molecular weight is 148 g/mol. The summed E-state index contributed by atoms with van der Waals surface area (Å²) in [7, 11) is 0. The predicted molar refractivity (Wildman–Crippen MR) is 43.3 cm³/mol. The van der Waals surface area contributed by atoms with Crippen LogP contribution in [0, 0.1) is 31.6 Å². The Morgan fingerprint density at radius 2 is 2.18 bits per heavy atom. The van der Waals surface area contributed by atoms with Gasteiger partial charge in [0, 0.05) is 0 Å². The second-order valence-electron chi connectivity index (χ2n) is 2.77. The first-order valence-electron chi connectivity index (χ1n) is 3.79. The zero-order valence-electron chi connectivity index (χ0n) is 6.45. The third-order valence-corrected chi connectivity index (χ3v) is 1.71. The fraction of sp³-hybridized carbons (Fsp3) is 0.333. The molecule has 1 aliphatic carbocycles. The van der Waals surface area contributed by atoms with Crippen molar-refractivity contribution < 1.29 is 4.74 Å². The molecule has 0 spiro atoms. The van der Waals surface area contributed by atoms with Crippen molar-refractivity contribution in [1.29, 1.82) is 0 Å². The van der Waals surface area contributed by atoms with E-state index in [2.05, 4.69) is 11.9 Å². The fourth-order valence-electron chi connectivity index (χ4n) is 1.15. The number of nitrogens with zero attached hydrogens (tertiary/aromatic N) is 1. The van der Waals surface area contributed by atoms with Crippen molar-refractivity contribution in [3.05, 3.63) is 31.6 Å². The molecule has 1 aliphatic heterocycles. The number of rotatable bonds is 1. The highest BCUT2D eigenvalue weighted by atomic mass is 16.5. The molecule has 0 saturated heterocycles. The average Bonchev–Trinajstić information content (AvgIpc) is 2.55. The second-order valence-corrected chi connectivity index (χ2v) is 2.77. The molecular formula is C9H10NO. The molecule has 57 valence electrons. The topological polar surface area (TPSA) is 21.6 Å². The molecule has 0 aromatic heterocycles. The quantitative estimate of drug-likeness (QED) is 0.547. The minimum atomic E-state index is 0.319. The summed E-state index contributed by atoms with van der Waals surface area (Å²) >= 11 is 0. The summed E-state index contributed by atoms with van der Waals surface area (Å²) in [5.41, 5.74) is 0. The van der Waals surface area contributed by atoms with E-state index >= 15 is 0 Å². The maximum atomic E-state index is 5.36. The summed E-state index contributed by atoms with van der Waals surface area (Å²) in [6.07, 6.45) is 8.00. The minimum Gasteiger partial charge on any atom is -0.478 e. The van der Waals surface area contributed by atoms with E-state index in [1.165, 1.54) is 0 Å². The van der Waals surface area contributed by atoms with Crippen molar-refractivity contribution in [2.45, 2.75) is 13.0 Å². The highest BCUT2D eigenvalue weighted by molar-refractivity contribution is 5.96. The highest BCUT2D eigenvalue weighted by Gasteiger charge is 2.27. The third kappa shape index (κ3) is 1.39. The van der Waals surface area contributed by atoms with E-state index in [0.717, 1.165) is 18.4 Å². The van der Waals surface area contributed by atoms with E-state index in [1.54, 1.807) is 0 Å². The van der Waals surface area contributed by atoms with Crippen LogP contribution in [0.15, 0.2) is 4.99 Å². The van der Waals surface area contributed by atoms with Crippen molar-refractivity contribution in [3.8, 4) is 0 Å². The zero-order valence-corrected chi connectivity index (χ0v) is 6.45. The van der Waals surface area contributed by atoms with Crippen molar-refractivity contribution in [2.75, 3.05) is 6.61 Å². The van der Waals surface area contributed by atoms with Gasteiger partial charge in [-0.1, -0.05) is 0 Å². The molecule has 2 heteroatoms. The van der Waals surface area contributed by atoms with Crippen molar-refractivity contribution in [3.63, 3.8) is 0 Å². The highest BCUT2D eigenvalue weighted by Crippen LogP contribution is 2.27. The molecule has 11 heavy (non-hydrogen) atoms. The third-order valence-electron chi connectivity index (χ3n) is 1.71. The second kappa shape index (κ2) is 2.84. The first-order chi connectivity index (χ1) is 5.36. The van der Waals surface area contributed by atoms with Gasteiger partial charge in [-0.25, -0.2) is 4.99 Å². The molecule has 2 nitrogen and oxygen atoms in total. The Hall–Kier alpha value is -0.530. The molecule has 2 aliphatic rings. The van der Waals surface area contributed by atoms with E-state index in [9.17, 15) is 0 Å². The zero-order chi connectivity index (χ0) is 7.68. The molecule has 1 atom stereocenters. The van der Waals surface area contributed by atoms with Crippen LogP contribution in [0.4, 0.5) is 0 Å². The molecule has 0 unspecified atom stereocenters. The molecule has 0 aromatic carbocycles. The SMILES string of the molecule is C[C@@H]1COC([C]2[CH][CH][CH][CH]2)=N1.